The van der Waals surface area contributed by atoms with Crippen LogP contribution in [0.3, 0.4) is 0 Å². The summed E-state index contributed by atoms with van der Waals surface area (Å²) >= 11 is 0. The summed E-state index contributed by atoms with van der Waals surface area (Å²) in [7, 11) is 0. The highest BCUT2D eigenvalue weighted by molar-refractivity contribution is 5.30. The molecule has 0 bridgehead atoms. The first-order valence-electron chi connectivity index (χ1n) is 3.47. The molecular weight excluding hydrogens is 122 g/mol. The van der Waals surface area contributed by atoms with E-state index in [9.17, 15) is 0 Å². The highest BCUT2D eigenvalue weighted by atomic mass is 14.7. The molecule has 0 N–H and O–H groups in total. The van der Waals surface area contributed by atoms with Gasteiger partial charge in [0.15, 0.2) is 0 Å². The van der Waals surface area contributed by atoms with Crippen LogP contribution in [0.25, 0.3) is 0 Å². The quantitative estimate of drug-likeness (QED) is 0.411. The van der Waals surface area contributed by atoms with Gasteiger partial charge in [0, 0.05) is 5.70 Å². The first-order valence-corrected chi connectivity index (χ1v) is 3.47. The molecule has 0 saturated heterocycles. The van der Waals surface area contributed by atoms with E-state index in [-0.39, 0.29) is 0 Å². The molecule has 0 aliphatic carbocycles. The first-order chi connectivity index (χ1) is 4.66. The number of allylic oxidation sites excluding steroid dienone is 3. The summed E-state index contributed by atoms with van der Waals surface area (Å²) in [5, 5.41) is 0. The van der Waals surface area contributed by atoms with Crippen molar-refractivity contribution in [2.75, 3.05) is 0 Å². The molecule has 0 heterocycles. The van der Waals surface area contributed by atoms with Crippen LogP contribution in [0.15, 0.2) is 28.9 Å². The molecule has 0 aromatic rings. The van der Waals surface area contributed by atoms with Crippen LogP contribution in [0.1, 0.15) is 27.7 Å². The van der Waals surface area contributed by atoms with Gasteiger partial charge in [0.25, 0.3) is 0 Å². The average molecular weight is 139 g/mol. The van der Waals surface area contributed by atoms with Gasteiger partial charge < -0.3 is 0 Å². The fourth-order valence-electron chi connectivity index (χ4n) is 0.402. The predicted molar refractivity (Wildman–Crippen MR) is 49.5 cm³/mol. The minimum absolute atomic E-state index is 0.914. The van der Waals surface area contributed by atoms with Gasteiger partial charge in [0.05, 0.1) is 0 Å². The van der Waals surface area contributed by atoms with Crippen LogP contribution in [-0.2, 0) is 0 Å². The summed E-state index contributed by atoms with van der Waals surface area (Å²) in [6.07, 6.45) is 1.88. The molecule has 0 aromatic heterocycles. The molecule has 58 valence electrons. The Morgan fingerprint density at radius 1 is 1.30 bits per heavy atom. The first kappa shape index (κ1) is 11.9. The normalized spacial score (nSPS) is 9.40. The maximum atomic E-state index is 3.68. The monoisotopic (exact) mass is 139 g/mol. The molecule has 1 nitrogen and oxygen atoms in total. The lowest BCUT2D eigenvalue weighted by Crippen LogP contribution is -1.67. The van der Waals surface area contributed by atoms with Crippen molar-refractivity contribution in [2.45, 2.75) is 27.7 Å². The number of aliphatic imine (C=N–C) groups is 1. The maximum absolute atomic E-state index is 3.68. The summed E-state index contributed by atoms with van der Waals surface area (Å²) in [5.41, 5.74) is 1.92. The molecule has 0 amide bonds. The van der Waals surface area contributed by atoms with Gasteiger partial charge in [-0.1, -0.05) is 26.0 Å². The number of nitrogens with zero attached hydrogens (tertiary/aromatic N) is 1. The van der Waals surface area contributed by atoms with E-state index < -0.39 is 0 Å². The molecular formula is C9H17N. The van der Waals surface area contributed by atoms with E-state index >= 15 is 0 Å². The smallest absolute Gasteiger partial charge is 0.0367 e. The Balaban J connectivity index is 0. The molecule has 0 saturated carbocycles. The lowest BCUT2D eigenvalue weighted by atomic mass is 10.3. The van der Waals surface area contributed by atoms with E-state index in [1.54, 1.807) is 0 Å². The third-order valence-corrected chi connectivity index (χ3v) is 0.705. The summed E-state index contributed by atoms with van der Waals surface area (Å²) in [4.78, 5) is 3.68. The second-order valence-corrected chi connectivity index (χ2v) is 1.79. The van der Waals surface area contributed by atoms with Crippen molar-refractivity contribution in [2.24, 2.45) is 4.99 Å². The average Bonchev–Trinajstić information content (AvgIpc) is 1.91. The summed E-state index contributed by atoms with van der Waals surface area (Å²) < 4.78 is 0. The SMILES string of the molecule is C=N/C(C)=C\C(=C)C.CC. The summed E-state index contributed by atoms with van der Waals surface area (Å²) in [6.45, 7) is 14.8. The zero-order valence-electron chi connectivity index (χ0n) is 7.44. The number of hydrogen-bond donors (Lipinski definition) is 0. The Hall–Kier alpha value is -0.850. The van der Waals surface area contributed by atoms with Crippen LogP contribution < -0.4 is 0 Å². The van der Waals surface area contributed by atoms with Crippen molar-refractivity contribution in [1.82, 2.24) is 0 Å². The molecule has 0 radical (unpaired) electrons. The van der Waals surface area contributed by atoms with Crippen LogP contribution in [0.2, 0.25) is 0 Å². The highest BCUT2D eigenvalue weighted by Crippen LogP contribution is 1.97. The van der Waals surface area contributed by atoms with Gasteiger partial charge in [-0.3, -0.25) is 4.99 Å². The molecule has 0 aromatic carbocycles. The lowest BCUT2D eigenvalue weighted by Gasteiger charge is -1.87. The third-order valence-electron chi connectivity index (χ3n) is 0.705. The van der Waals surface area contributed by atoms with Crippen LogP contribution in [0.5, 0.6) is 0 Å². The van der Waals surface area contributed by atoms with Gasteiger partial charge >= 0.3 is 0 Å². The van der Waals surface area contributed by atoms with E-state index in [2.05, 4.69) is 18.3 Å². The minimum atomic E-state index is 0.914. The zero-order chi connectivity index (χ0) is 8.57. The van der Waals surface area contributed by atoms with Gasteiger partial charge in [0.2, 0.25) is 0 Å². The fraction of sp³-hybridized carbons (Fsp3) is 0.444. The van der Waals surface area contributed by atoms with Crippen molar-refractivity contribution in [3.05, 3.63) is 23.9 Å². The van der Waals surface area contributed by atoms with Gasteiger partial charge in [-0.05, 0) is 26.6 Å². The largest absolute Gasteiger partial charge is 0.269 e. The van der Waals surface area contributed by atoms with Crippen LogP contribution >= 0.6 is 0 Å². The molecule has 0 spiro atoms. The maximum Gasteiger partial charge on any atom is 0.0367 e. The third kappa shape index (κ3) is 10.2. The van der Waals surface area contributed by atoms with Crippen LogP contribution in [0, 0.1) is 0 Å². The van der Waals surface area contributed by atoms with E-state index in [1.807, 2.05) is 33.8 Å². The van der Waals surface area contributed by atoms with Crippen LogP contribution in [-0.4, -0.2) is 6.72 Å². The van der Waals surface area contributed by atoms with Crippen molar-refractivity contribution in [1.29, 1.82) is 0 Å². The van der Waals surface area contributed by atoms with E-state index in [4.69, 9.17) is 0 Å². The second kappa shape index (κ2) is 8.15. The zero-order valence-corrected chi connectivity index (χ0v) is 7.44. The minimum Gasteiger partial charge on any atom is -0.269 e. The summed E-state index contributed by atoms with van der Waals surface area (Å²) in [6, 6.07) is 0. The van der Waals surface area contributed by atoms with Crippen molar-refractivity contribution < 1.29 is 0 Å². The standard InChI is InChI=1S/C7H11N.C2H6/c1-6(2)5-7(3)8-4;1-2/h5H,1,4H2,2-3H3;1-2H3/b7-5-;. The Morgan fingerprint density at radius 2 is 1.70 bits per heavy atom. The van der Waals surface area contributed by atoms with Gasteiger partial charge in [-0.2, -0.15) is 0 Å². The number of hydrogen-bond acceptors (Lipinski definition) is 1. The number of rotatable bonds is 2. The molecule has 0 rings (SSSR count). The molecule has 0 unspecified atom stereocenters. The van der Waals surface area contributed by atoms with E-state index in [0.717, 1.165) is 11.3 Å². The Bertz CT molecular complexity index is 132. The molecule has 1 heteroatoms. The molecule has 0 atom stereocenters. The Morgan fingerprint density at radius 3 is 1.80 bits per heavy atom. The molecule has 0 aliphatic rings. The van der Waals surface area contributed by atoms with Crippen molar-refractivity contribution >= 4 is 6.72 Å². The highest BCUT2D eigenvalue weighted by Gasteiger charge is 1.78. The Labute approximate surface area is 64.2 Å². The van der Waals surface area contributed by atoms with Gasteiger partial charge in [0.1, 0.15) is 0 Å². The van der Waals surface area contributed by atoms with Gasteiger partial charge in [-0.25, -0.2) is 0 Å². The summed E-state index contributed by atoms with van der Waals surface area (Å²) in [5.74, 6) is 0. The Kier molecular flexibility index (Phi) is 9.69. The van der Waals surface area contributed by atoms with E-state index in [0.29, 0.717) is 0 Å². The predicted octanol–water partition coefficient (Wildman–Crippen LogP) is 3.19. The topological polar surface area (TPSA) is 12.4 Å². The van der Waals surface area contributed by atoms with E-state index in [1.165, 1.54) is 0 Å². The fourth-order valence-corrected chi connectivity index (χ4v) is 0.402. The molecule has 0 aliphatic heterocycles. The van der Waals surface area contributed by atoms with Crippen LogP contribution in [0.4, 0.5) is 0 Å². The van der Waals surface area contributed by atoms with Crippen molar-refractivity contribution in [3.8, 4) is 0 Å². The molecule has 10 heavy (non-hydrogen) atoms. The van der Waals surface area contributed by atoms with Gasteiger partial charge in [-0.15, -0.1) is 0 Å². The second-order valence-electron chi connectivity index (χ2n) is 1.79. The van der Waals surface area contributed by atoms with Crippen molar-refractivity contribution in [3.63, 3.8) is 0 Å². The lowest BCUT2D eigenvalue weighted by molar-refractivity contribution is 1.30. The molecule has 0 fully saturated rings.